The average Bonchev–Trinajstić information content (AvgIpc) is 3.51. The van der Waals surface area contributed by atoms with Gasteiger partial charge in [-0.15, -0.1) is 0 Å². The zero-order valence-corrected chi connectivity index (χ0v) is 27.8. The third-order valence-corrected chi connectivity index (χ3v) is 10.4. The maximum atomic E-state index is 2.47. The van der Waals surface area contributed by atoms with Gasteiger partial charge in [0.25, 0.3) is 0 Å². The van der Waals surface area contributed by atoms with Crippen molar-refractivity contribution in [1.82, 2.24) is 4.57 Å². The van der Waals surface area contributed by atoms with Crippen LogP contribution in [0.3, 0.4) is 0 Å². The largest absolute Gasteiger partial charge is 0.309 e. The molecule has 1 aromatic heterocycles. The summed E-state index contributed by atoms with van der Waals surface area (Å²) in [5.74, 6) is 0. The van der Waals surface area contributed by atoms with Gasteiger partial charge >= 0.3 is 0 Å². The topological polar surface area (TPSA) is 4.93 Å². The molecule has 0 saturated heterocycles. The lowest BCUT2D eigenvalue weighted by molar-refractivity contribution is 1.19. The molecule has 1 nitrogen and oxygen atoms in total. The van der Waals surface area contributed by atoms with E-state index < -0.39 is 0 Å². The number of rotatable bonds is 4. The molecule has 1 heteroatoms. The monoisotopic (exact) mass is 635 g/mol. The van der Waals surface area contributed by atoms with Crippen LogP contribution in [0, 0.1) is 6.92 Å². The van der Waals surface area contributed by atoms with E-state index in [4.69, 9.17) is 0 Å². The standard InChI is InChI=1S/C49H33N/c1-32-24-29-46-44(30-32)45-31-43(33-14-4-2-5-15-33)37-18-8-13-23-42(37)49(45)50(46)36-27-25-35(26-28-36)48-40-21-11-9-19-38(40)47(34-16-6-3-7-17-34)39-20-10-12-22-41(39)48/h2-31H,1H3. The van der Waals surface area contributed by atoms with Crippen LogP contribution in [0.5, 0.6) is 0 Å². The van der Waals surface area contributed by atoms with Crippen LogP contribution in [0.25, 0.3) is 93.2 Å². The summed E-state index contributed by atoms with van der Waals surface area (Å²) >= 11 is 0. The normalized spacial score (nSPS) is 11.7. The van der Waals surface area contributed by atoms with E-state index in [-0.39, 0.29) is 0 Å². The van der Waals surface area contributed by atoms with Gasteiger partial charge in [-0.1, -0.05) is 157 Å². The Balaban J connectivity index is 1.23. The lowest BCUT2D eigenvalue weighted by Crippen LogP contribution is -1.96. The first-order valence-corrected chi connectivity index (χ1v) is 17.4. The second-order valence-electron chi connectivity index (χ2n) is 13.3. The van der Waals surface area contributed by atoms with Crippen LogP contribution < -0.4 is 0 Å². The molecule has 50 heavy (non-hydrogen) atoms. The summed E-state index contributed by atoms with van der Waals surface area (Å²) < 4.78 is 2.47. The highest BCUT2D eigenvalue weighted by Gasteiger charge is 2.20. The van der Waals surface area contributed by atoms with Crippen LogP contribution >= 0.6 is 0 Å². The second kappa shape index (κ2) is 11.3. The smallest absolute Gasteiger partial charge is 0.0619 e. The van der Waals surface area contributed by atoms with E-state index in [0.717, 1.165) is 5.69 Å². The quantitative estimate of drug-likeness (QED) is 0.170. The molecule has 0 aliphatic heterocycles. The first kappa shape index (κ1) is 28.6. The van der Waals surface area contributed by atoms with E-state index in [0.29, 0.717) is 0 Å². The van der Waals surface area contributed by atoms with Crippen molar-refractivity contribution in [3.63, 3.8) is 0 Å². The zero-order chi connectivity index (χ0) is 33.2. The van der Waals surface area contributed by atoms with Crippen LogP contribution in [-0.2, 0) is 0 Å². The van der Waals surface area contributed by atoms with Gasteiger partial charge in [0.2, 0.25) is 0 Å². The van der Waals surface area contributed by atoms with Gasteiger partial charge < -0.3 is 4.57 Å². The molecular formula is C49H33N. The van der Waals surface area contributed by atoms with Crippen LogP contribution in [0.2, 0.25) is 0 Å². The Hall–Kier alpha value is -6.44. The maximum absolute atomic E-state index is 2.47. The lowest BCUT2D eigenvalue weighted by Gasteiger charge is -2.18. The van der Waals surface area contributed by atoms with Gasteiger partial charge in [-0.2, -0.15) is 0 Å². The van der Waals surface area contributed by atoms with Gasteiger partial charge in [-0.3, -0.25) is 0 Å². The fourth-order valence-electron chi connectivity index (χ4n) is 8.24. The van der Waals surface area contributed by atoms with Crippen molar-refractivity contribution in [3.05, 3.63) is 188 Å². The molecule has 0 aliphatic carbocycles. The Bertz CT molecular complexity index is 2840. The molecule has 234 valence electrons. The predicted molar refractivity (Wildman–Crippen MR) is 214 cm³/mol. The molecular weight excluding hydrogens is 603 g/mol. The first-order valence-electron chi connectivity index (χ1n) is 17.4. The minimum Gasteiger partial charge on any atom is -0.309 e. The molecule has 0 atom stereocenters. The number of fused-ring (bicyclic) bond motifs is 7. The summed E-state index contributed by atoms with van der Waals surface area (Å²) in [6, 6.07) is 66.8. The summed E-state index contributed by atoms with van der Waals surface area (Å²) in [6.45, 7) is 2.19. The van der Waals surface area contributed by atoms with Crippen LogP contribution in [0.15, 0.2) is 182 Å². The molecule has 0 fully saturated rings. The van der Waals surface area contributed by atoms with Gasteiger partial charge in [0.1, 0.15) is 0 Å². The summed E-state index contributed by atoms with van der Waals surface area (Å²) in [5, 5.41) is 10.2. The molecule has 0 amide bonds. The van der Waals surface area contributed by atoms with Crippen molar-refractivity contribution in [2.24, 2.45) is 0 Å². The van der Waals surface area contributed by atoms with E-state index in [1.165, 1.54) is 93.1 Å². The number of hydrogen-bond acceptors (Lipinski definition) is 0. The number of aromatic nitrogens is 1. The highest BCUT2D eigenvalue weighted by Crippen LogP contribution is 2.45. The van der Waals surface area contributed by atoms with Gasteiger partial charge in [0.15, 0.2) is 0 Å². The van der Waals surface area contributed by atoms with E-state index in [9.17, 15) is 0 Å². The van der Waals surface area contributed by atoms with Crippen molar-refractivity contribution < 1.29 is 0 Å². The predicted octanol–water partition coefficient (Wildman–Crippen LogP) is 13.6. The Morgan fingerprint density at radius 2 is 0.820 bits per heavy atom. The van der Waals surface area contributed by atoms with Crippen LogP contribution in [0.4, 0.5) is 0 Å². The molecule has 10 rings (SSSR count). The minimum atomic E-state index is 1.16. The molecule has 0 saturated carbocycles. The third kappa shape index (κ3) is 4.34. The Morgan fingerprint density at radius 3 is 1.40 bits per heavy atom. The number of nitrogens with zero attached hydrogens (tertiary/aromatic N) is 1. The second-order valence-corrected chi connectivity index (χ2v) is 13.3. The lowest BCUT2D eigenvalue weighted by atomic mass is 9.86. The Labute approximate surface area is 291 Å². The van der Waals surface area contributed by atoms with Crippen LogP contribution in [0.1, 0.15) is 5.56 Å². The first-order chi connectivity index (χ1) is 24.7. The number of benzene rings is 9. The summed E-state index contributed by atoms with van der Waals surface area (Å²) in [4.78, 5) is 0. The van der Waals surface area contributed by atoms with E-state index in [1.54, 1.807) is 0 Å². The Morgan fingerprint density at radius 1 is 0.340 bits per heavy atom. The molecule has 0 radical (unpaired) electrons. The summed E-state index contributed by atoms with van der Waals surface area (Å²) in [6.07, 6.45) is 0. The van der Waals surface area contributed by atoms with Gasteiger partial charge in [0, 0.05) is 21.8 Å². The minimum absolute atomic E-state index is 1.16. The summed E-state index contributed by atoms with van der Waals surface area (Å²) in [7, 11) is 0. The SMILES string of the molecule is Cc1ccc2c(c1)c1cc(-c3ccccc3)c3ccccc3c1n2-c1ccc(-c2c3ccccc3c(-c3ccccc3)c3ccccc23)cc1. The fraction of sp³-hybridized carbons (Fsp3) is 0.0204. The number of aryl methyl sites for hydroxylation is 1. The van der Waals surface area contributed by atoms with Gasteiger partial charge in [-0.05, 0) is 97.6 Å². The van der Waals surface area contributed by atoms with Crippen molar-refractivity contribution in [1.29, 1.82) is 0 Å². The van der Waals surface area contributed by atoms with Crippen LogP contribution in [-0.4, -0.2) is 4.57 Å². The molecule has 10 aromatic rings. The molecule has 0 N–H and O–H groups in total. The van der Waals surface area contributed by atoms with Crippen molar-refractivity contribution >= 4 is 54.1 Å². The van der Waals surface area contributed by atoms with E-state index in [1.807, 2.05) is 0 Å². The van der Waals surface area contributed by atoms with Crippen molar-refractivity contribution in [2.75, 3.05) is 0 Å². The highest BCUT2D eigenvalue weighted by molar-refractivity contribution is 6.23. The average molecular weight is 636 g/mol. The summed E-state index contributed by atoms with van der Waals surface area (Å²) in [5.41, 5.74) is 12.4. The molecule has 9 aromatic carbocycles. The number of hydrogen-bond donors (Lipinski definition) is 0. The molecule has 0 bridgehead atoms. The van der Waals surface area contributed by atoms with E-state index >= 15 is 0 Å². The zero-order valence-electron chi connectivity index (χ0n) is 27.8. The highest BCUT2D eigenvalue weighted by atomic mass is 15.0. The molecule has 1 heterocycles. The van der Waals surface area contributed by atoms with E-state index in [2.05, 4.69) is 193 Å². The molecule has 0 aliphatic rings. The fourth-order valence-corrected chi connectivity index (χ4v) is 8.24. The maximum Gasteiger partial charge on any atom is 0.0619 e. The van der Waals surface area contributed by atoms with Gasteiger partial charge in [0.05, 0.1) is 11.0 Å². The molecule has 0 unspecified atom stereocenters. The molecule has 0 spiro atoms. The van der Waals surface area contributed by atoms with Gasteiger partial charge in [-0.25, -0.2) is 0 Å². The van der Waals surface area contributed by atoms with Crippen molar-refractivity contribution in [3.8, 4) is 39.1 Å². The van der Waals surface area contributed by atoms with Crippen molar-refractivity contribution in [2.45, 2.75) is 6.92 Å². The third-order valence-electron chi connectivity index (χ3n) is 10.4. The Kier molecular flexibility index (Phi) is 6.47.